The van der Waals surface area contributed by atoms with Crippen LogP contribution in [0.5, 0.6) is 5.75 Å². The second-order valence-electron chi connectivity index (χ2n) is 43.5. The van der Waals surface area contributed by atoms with Crippen molar-refractivity contribution in [3.63, 3.8) is 0 Å². The molecule has 10 aliphatic heterocycles. The molecule has 0 radical (unpaired) electrons. The number of fused-ring (bicyclic) bond motifs is 2. The summed E-state index contributed by atoms with van der Waals surface area (Å²) in [6.45, 7) is 30.0. The van der Waals surface area contributed by atoms with Gasteiger partial charge in [0.15, 0.2) is 42.7 Å². The Morgan fingerprint density at radius 2 is 0.623 bits per heavy atom. The topological polar surface area (TPSA) is 45.0 Å². The number of aromatic nitrogens is 2. The number of hydrogen-bond acceptors (Lipinski definition) is 9. The first kappa shape index (κ1) is 118. The fourth-order valence-electron chi connectivity index (χ4n) is 21.8. The zero-order valence-corrected chi connectivity index (χ0v) is 99.2. The quantitative estimate of drug-likeness (QED) is 0.0535. The number of para-hydroxylation sites is 2. The molecule has 12 heterocycles. The Kier molecular flexibility index (Phi) is 50.8. The van der Waals surface area contributed by atoms with E-state index < -0.39 is 0 Å². The first-order valence-electron chi connectivity index (χ1n) is 55.7. The van der Waals surface area contributed by atoms with Crippen molar-refractivity contribution in [1.29, 1.82) is 0 Å². The van der Waals surface area contributed by atoms with Gasteiger partial charge in [-0.2, -0.15) is 0 Å². The van der Waals surface area contributed by atoms with Gasteiger partial charge in [-0.15, -0.1) is 0 Å². The van der Waals surface area contributed by atoms with Gasteiger partial charge in [0, 0.05) is 98.7 Å². The van der Waals surface area contributed by atoms with Crippen LogP contribution in [-0.4, -0.2) is 256 Å². The summed E-state index contributed by atoms with van der Waals surface area (Å²) in [5, 5.41) is 2.95. The molecule has 0 N–H and O–H groups in total. The van der Waals surface area contributed by atoms with E-state index in [9.17, 15) is 0 Å². The third kappa shape index (κ3) is 37.6. The predicted molar refractivity (Wildman–Crippen MR) is 628 cm³/mol. The largest absolute Gasteiger partial charge is 1.00 e. The molecule has 790 valence electrons. The maximum atomic E-state index is 5.14. The Hall–Kier alpha value is -6.83. The van der Waals surface area contributed by atoms with E-state index in [1.807, 2.05) is 12.1 Å². The monoisotopic (exact) mass is 2230 g/mol. The smallest absolute Gasteiger partial charge is 0.296 e. The Morgan fingerprint density at radius 3 is 0.925 bits per heavy atom. The van der Waals surface area contributed by atoms with Crippen LogP contribution in [-0.2, 0) is 63.1 Å². The van der Waals surface area contributed by atoms with Crippen LogP contribution in [0.25, 0.3) is 21.8 Å². The normalized spacial score (nSPS) is 18.7. The lowest BCUT2D eigenvalue weighted by molar-refractivity contribution is -0.897. The highest BCUT2D eigenvalue weighted by Crippen LogP contribution is 2.37. The number of ether oxygens (including phenoxy) is 1. The number of quaternary nitrogens is 1. The third-order valence-electron chi connectivity index (χ3n) is 31.4. The fraction of sp³-hybridized carbons (Fsp3) is 0.500. The van der Waals surface area contributed by atoms with Gasteiger partial charge in [0.25, 0.3) is 22.6 Å². The predicted octanol–water partition coefficient (Wildman–Crippen LogP) is 20.8. The Balaban J connectivity index is 0.000000145. The molecular formula is C128H184BrIN11OS4+5. The molecule has 146 heavy (non-hydrogen) atoms. The summed E-state index contributed by atoms with van der Waals surface area (Å²) >= 11 is 2.06. The lowest BCUT2D eigenvalue weighted by Crippen LogP contribution is -3.34. The van der Waals surface area contributed by atoms with E-state index in [0.29, 0.717) is 27.2 Å². The summed E-state index contributed by atoms with van der Waals surface area (Å²) in [5.74, 6) is 6.58. The van der Waals surface area contributed by atoms with Gasteiger partial charge in [0.05, 0.1) is 90.3 Å². The van der Waals surface area contributed by atoms with Gasteiger partial charge in [0.1, 0.15) is 28.8 Å². The van der Waals surface area contributed by atoms with E-state index in [0.717, 1.165) is 34.4 Å². The number of anilines is 1. The van der Waals surface area contributed by atoms with Crippen LogP contribution in [0.4, 0.5) is 5.69 Å². The maximum absolute atomic E-state index is 5.14. The lowest BCUT2D eigenvalue weighted by atomic mass is 9.82. The number of rotatable bonds is 16. The summed E-state index contributed by atoms with van der Waals surface area (Å²) in [6.07, 6.45) is 39.7. The minimum absolute atomic E-state index is 0. The van der Waals surface area contributed by atoms with Gasteiger partial charge >= 0.3 is 0 Å². The van der Waals surface area contributed by atoms with Crippen LogP contribution in [0.1, 0.15) is 192 Å². The molecule has 10 saturated heterocycles. The highest BCUT2D eigenvalue weighted by molar-refractivity contribution is 7.98. The van der Waals surface area contributed by atoms with Crippen molar-refractivity contribution >= 4 is 71.1 Å². The molecule has 12 aromatic rings. The molecule has 18 heteroatoms. The molecule has 0 aliphatic carbocycles. The second-order valence-corrected chi connectivity index (χ2v) is 53.4. The zero-order chi connectivity index (χ0) is 102. The number of nitrogens with zero attached hydrogens (tertiary/aromatic N) is 11. The van der Waals surface area contributed by atoms with Crippen molar-refractivity contribution in [2.24, 2.45) is 14.1 Å². The van der Waals surface area contributed by atoms with Gasteiger partial charge in [-0.25, -0.2) is 0 Å². The van der Waals surface area contributed by atoms with Gasteiger partial charge in [0.2, 0.25) is 0 Å². The van der Waals surface area contributed by atoms with Gasteiger partial charge in [-0.05, 0) is 387 Å². The van der Waals surface area contributed by atoms with Crippen molar-refractivity contribution in [1.82, 2.24) is 43.4 Å². The SMILES string of the molecule is CCC(C)(C)c1ccc([IH+])cc1.CN1CCC(N2CCCCC2)CC1.CN1CCC(N2CCCCC2)CC1.CN1CCC(N2CCCCC2)CC1.CN1CCC([N+](C)(C)C)CC1.COc1ccc(N2CCCCC2)cc1.Cc1ccc([S+](c2ccccc2)c2ccccc2)cc1.Cn1cc([S+]2CCCC2)c2ccccc21.Cn1cc([S+]2CCCC2)c2ccccc21.[Br-].c1ccc([S+](c2ccccc2)c2ccccc2)cc1. The first-order chi connectivity index (χ1) is 70.6. The van der Waals surface area contributed by atoms with Crippen LogP contribution in [0.2, 0.25) is 0 Å². The Bertz CT molecular complexity index is 5180. The standard InChI is InChI=1S/C19H17S.C18H15S.2C13H16NS.C12H17NO.C11H16I.3C11H22N2.C9H21N2.BrH/c1-16-12-14-19(15-13-16)20(17-8-4-2-5-9-17)18-10-6-3-7-11-18;1-4-10-16(11-5-1)19(17-12-6-2-7-13-17)18-14-8-3-9-15-18;2*1-14-10-13(15-8-4-5-9-15)11-6-2-3-7-12(11)14;1-14-12-7-5-11(6-8-12)13-9-3-2-4-10-13;1-4-11(2,3)9-5-7-10(12)8-6-9;3*1-12-9-5-11(6-10-12)13-7-3-2-4-8-13;1-10-7-5-9(6-8-10)11(2,3)4;/h2-15H,1H3;1-15H;2*2-3,6-7,10H,4-5,8-9H2,1H3;5-8H,2-4,9-10H2,1H3;5-8,12H,4H2,1-3H3;3*11H,2-10H2,1H3;9H,5-8H2,1-4H3;1H/q4*+1;;+1;;;;+1;/p-1. The van der Waals surface area contributed by atoms with E-state index in [-0.39, 0.29) is 38.8 Å². The van der Waals surface area contributed by atoms with E-state index in [1.165, 1.54) is 360 Å². The molecule has 10 fully saturated rings. The molecule has 0 bridgehead atoms. The van der Waals surface area contributed by atoms with Crippen molar-refractivity contribution in [2.75, 3.05) is 189 Å². The average molecular weight is 2230 g/mol. The summed E-state index contributed by atoms with van der Waals surface area (Å²) in [4.78, 5) is 31.8. The number of methoxy groups -OCH3 is 1. The molecule has 10 aromatic carbocycles. The molecule has 0 unspecified atom stereocenters. The van der Waals surface area contributed by atoms with Crippen molar-refractivity contribution < 1.29 is 48.8 Å². The maximum Gasteiger partial charge on any atom is 0.296 e. The van der Waals surface area contributed by atoms with Crippen LogP contribution in [0.3, 0.4) is 0 Å². The second kappa shape index (κ2) is 63.0. The number of piperidine rings is 8. The van der Waals surface area contributed by atoms with Crippen LogP contribution < -0.4 is 49.2 Å². The van der Waals surface area contributed by atoms with E-state index >= 15 is 0 Å². The number of likely N-dealkylation sites (tertiary alicyclic amines) is 7. The number of halogens is 2. The van der Waals surface area contributed by atoms with Crippen molar-refractivity contribution in [3.05, 3.63) is 300 Å². The summed E-state index contributed by atoms with van der Waals surface area (Å²) in [7, 11) is 22.9. The summed E-state index contributed by atoms with van der Waals surface area (Å²) in [5.41, 5.74) is 7.16. The first-order valence-corrected chi connectivity index (χ1v) is 62.5. The Morgan fingerprint density at radius 1 is 0.336 bits per heavy atom. The fourth-order valence-corrected chi connectivity index (χ4v) is 31.5. The summed E-state index contributed by atoms with van der Waals surface area (Å²) in [6, 6.07) is 101. The van der Waals surface area contributed by atoms with Crippen LogP contribution in [0.15, 0.2) is 325 Å². The van der Waals surface area contributed by atoms with E-state index in [1.54, 1.807) is 16.9 Å². The Labute approximate surface area is 921 Å². The number of benzene rings is 10. The molecular weight excluding hydrogens is 2040 g/mol. The molecule has 0 atom stereocenters. The van der Waals surface area contributed by atoms with Gasteiger partial charge < -0.3 is 74.5 Å². The molecule has 2 aromatic heterocycles. The molecule has 0 saturated carbocycles. The molecule has 0 spiro atoms. The molecule has 12 nitrogen and oxygen atoms in total. The van der Waals surface area contributed by atoms with Gasteiger partial charge in [-0.3, -0.25) is 0 Å². The minimum Gasteiger partial charge on any atom is -1.00 e. The number of aryl methyl sites for hydroxylation is 3. The zero-order valence-electron chi connectivity index (χ0n) is 92.0. The van der Waals surface area contributed by atoms with Gasteiger partial charge in [-0.1, -0.05) is 185 Å². The molecule has 0 amide bonds. The van der Waals surface area contributed by atoms with Crippen molar-refractivity contribution in [2.45, 2.75) is 257 Å². The van der Waals surface area contributed by atoms with E-state index in [4.69, 9.17) is 4.74 Å². The van der Waals surface area contributed by atoms with Crippen LogP contribution >= 0.6 is 0 Å². The molecule has 22 rings (SSSR count). The van der Waals surface area contributed by atoms with Crippen molar-refractivity contribution in [3.8, 4) is 5.75 Å². The third-order valence-corrected chi connectivity index (χ3v) is 41.7. The van der Waals surface area contributed by atoms with E-state index in [2.05, 4.69) is 435 Å². The van der Waals surface area contributed by atoms with Crippen LogP contribution in [0, 0.1) is 10.5 Å². The lowest BCUT2D eigenvalue weighted by Gasteiger charge is -2.39. The summed E-state index contributed by atoms with van der Waals surface area (Å²) < 4.78 is 12.2. The molecule has 10 aliphatic rings. The average Bonchev–Trinajstić information content (AvgIpc) is 1.64. The number of hydrogen-bond donors (Lipinski definition) is 0. The minimum atomic E-state index is -0.0229. The highest BCUT2D eigenvalue weighted by Gasteiger charge is 2.36. The highest BCUT2D eigenvalue weighted by atomic mass is 127.